The summed E-state index contributed by atoms with van der Waals surface area (Å²) in [5, 5.41) is 0. The van der Waals surface area contributed by atoms with Gasteiger partial charge in [0.2, 0.25) is 9.84 Å². The summed E-state index contributed by atoms with van der Waals surface area (Å²) in [4.78, 5) is 0.745. The molecule has 0 aliphatic carbocycles. The standard InChI is InChI=1S/C20H18O2S/c21-23(22,19-12-5-2-6-13-19)20-14-8-7-11-18(20)16-15-17-9-3-1-4-10-17/h1-14H,15-16H2. The zero-order chi connectivity index (χ0) is 16.1. The minimum Gasteiger partial charge on any atom is -0.219 e. The van der Waals surface area contributed by atoms with E-state index >= 15 is 0 Å². The van der Waals surface area contributed by atoms with Crippen LogP contribution in [0.3, 0.4) is 0 Å². The Labute approximate surface area is 137 Å². The van der Waals surface area contributed by atoms with E-state index < -0.39 is 9.84 Å². The first-order chi connectivity index (χ1) is 11.2. The zero-order valence-electron chi connectivity index (χ0n) is 12.7. The summed E-state index contributed by atoms with van der Waals surface area (Å²) >= 11 is 0. The lowest BCUT2D eigenvalue weighted by molar-refractivity contribution is 0.594. The predicted molar refractivity (Wildman–Crippen MR) is 92.2 cm³/mol. The quantitative estimate of drug-likeness (QED) is 0.701. The SMILES string of the molecule is O=S(=O)(c1ccccc1)c1ccccc1CCc1ccccc1. The molecular formula is C20H18O2S. The first kappa shape index (κ1) is 15.5. The Hall–Kier alpha value is -2.39. The van der Waals surface area contributed by atoms with Crippen LogP contribution in [0.4, 0.5) is 0 Å². The van der Waals surface area contributed by atoms with Gasteiger partial charge in [0.1, 0.15) is 0 Å². The molecule has 0 aliphatic heterocycles. The van der Waals surface area contributed by atoms with E-state index in [1.807, 2.05) is 36.4 Å². The van der Waals surface area contributed by atoms with E-state index in [0.29, 0.717) is 16.2 Å². The predicted octanol–water partition coefficient (Wildman–Crippen LogP) is 4.30. The van der Waals surface area contributed by atoms with Crippen LogP contribution in [-0.2, 0) is 22.7 Å². The van der Waals surface area contributed by atoms with Crippen molar-refractivity contribution in [1.82, 2.24) is 0 Å². The Bertz CT molecular complexity index is 870. The molecule has 0 bridgehead atoms. The second-order valence-electron chi connectivity index (χ2n) is 5.41. The van der Waals surface area contributed by atoms with Gasteiger partial charge in [0.25, 0.3) is 0 Å². The maximum absolute atomic E-state index is 12.9. The van der Waals surface area contributed by atoms with Gasteiger partial charge in [0.15, 0.2) is 0 Å². The van der Waals surface area contributed by atoms with Gasteiger partial charge < -0.3 is 0 Å². The second-order valence-corrected chi connectivity index (χ2v) is 7.33. The van der Waals surface area contributed by atoms with Crippen LogP contribution in [0, 0.1) is 0 Å². The Balaban J connectivity index is 1.92. The van der Waals surface area contributed by atoms with Gasteiger partial charge in [-0.05, 0) is 42.2 Å². The normalized spacial score (nSPS) is 11.3. The molecule has 0 radical (unpaired) electrons. The summed E-state index contributed by atoms with van der Waals surface area (Å²) in [5.41, 5.74) is 2.07. The van der Waals surface area contributed by atoms with Gasteiger partial charge in [-0.15, -0.1) is 0 Å². The third kappa shape index (κ3) is 3.51. The van der Waals surface area contributed by atoms with Crippen LogP contribution in [0.5, 0.6) is 0 Å². The highest BCUT2D eigenvalue weighted by atomic mass is 32.2. The largest absolute Gasteiger partial charge is 0.219 e. The van der Waals surface area contributed by atoms with Gasteiger partial charge in [-0.25, -0.2) is 8.42 Å². The average molecular weight is 322 g/mol. The van der Waals surface area contributed by atoms with Gasteiger partial charge in [0, 0.05) is 0 Å². The molecule has 0 saturated heterocycles. The molecule has 0 aromatic heterocycles. The summed E-state index contributed by atoms with van der Waals surface area (Å²) < 4.78 is 25.7. The van der Waals surface area contributed by atoms with Gasteiger partial charge in [0.05, 0.1) is 9.79 Å². The number of sulfone groups is 1. The highest BCUT2D eigenvalue weighted by Crippen LogP contribution is 2.25. The fourth-order valence-electron chi connectivity index (χ4n) is 2.62. The molecule has 3 aromatic carbocycles. The lowest BCUT2D eigenvalue weighted by atomic mass is 10.0. The van der Waals surface area contributed by atoms with E-state index in [1.165, 1.54) is 5.56 Å². The minimum absolute atomic E-state index is 0.340. The van der Waals surface area contributed by atoms with Crippen LogP contribution in [-0.4, -0.2) is 8.42 Å². The van der Waals surface area contributed by atoms with Crippen molar-refractivity contribution in [2.45, 2.75) is 22.6 Å². The molecule has 0 spiro atoms. The Morgan fingerprint density at radius 1 is 0.609 bits per heavy atom. The summed E-state index contributed by atoms with van der Waals surface area (Å²) in [7, 11) is -3.47. The van der Waals surface area contributed by atoms with E-state index in [0.717, 1.165) is 12.0 Å². The van der Waals surface area contributed by atoms with Gasteiger partial charge in [-0.1, -0.05) is 66.7 Å². The van der Waals surface area contributed by atoms with Crippen molar-refractivity contribution < 1.29 is 8.42 Å². The maximum Gasteiger partial charge on any atom is 0.206 e. The smallest absolute Gasteiger partial charge is 0.206 e. The number of benzene rings is 3. The summed E-state index contributed by atoms with van der Waals surface area (Å²) in [6, 6.07) is 26.0. The number of aryl methyl sites for hydroxylation is 2. The lowest BCUT2D eigenvalue weighted by Crippen LogP contribution is -2.06. The molecule has 3 heteroatoms. The number of rotatable bonds is 5. The van der Waals surface area contributed by atoms with E-state index in [1.54, 1.807) is 36.4 Å². The first-order valence-corrected chi connectivity index (χ1v) is 9.08. The molecular weight excluding hydrogens is 304 g/mol. The van der Waals surface area contributed by atoms with E-state index in [9.17, 15) is 8.42 Å². The molecule has 116 valence electrons. The van der Waals surface area contributed by atoms with Crippen LogP contribution in [0.2, 0.25) is 0 Å². The van der Waals surface area contributed by atoms with Crippen molar-refractivity contribution in [2.24, 2.45) is 0 Å². The monoisotopic (exact) mass is 322 g/mol. The number of hydrogen-bond acceptors (Lipinski definition) is 2. The Kier molecular flexibility index (Phi) is 4.58. The third-order valence-electron chi connectivity index (χ3n) is 3.84. The average Bonchev–Trinajstić information content (AvgIpc) is 2.62. The van der Waals surface area contributed by atoms with E-state index in [4.69, 9.17) is 0 Å². The van der Waals surface area contributed by atoms with Crippen LogP contribution in [0.15, 0.2) is 94.7 Å². The molecule has 3 aromatic rings. The summed E-state index contributed by atoms with van der Waals surface area (Å²) in [5.74, 6) is 0. The van der Waals surface area contributed by atoms with Crippen molar-refractivity contribution >= 4 is 9.84 Å². The zero-order valence-corrected chi connectivity index (χ0v) is 13.5. The summed E-state index contributed by atoms with van der Waals surface area (Å²) in [6.45, 7) is 0. The second kappa shape index (κ2) is 6.80. The molecule has 0 unspecified atom stereocenters. The fraction of sp³-hybridized carbons (Fsp3) is 0.100. The van der Waals surface area contributed by atoms with Gasteiger partial charge in [-0.3, -0.25) is 0 Å². The maximum atomic E-state index is 12.9. The van der Waals surface area contributed by atoms with Crippen molar-refractivity contribution in [3.63, 3.8) is 0 Å². The lowest BCUT2D eigenvalue weighted by Gasteiger charge is -2.10. The highest BCUT2D eigenvalue weighted by Gasteiger charge is 2.20. The molecule has 0 N–H and O–H groups in total. The molecule has 0 aliphatic rings. The Morgan fingerprint density at radius 3 is 1.87 bits per heavy atom. The van der Waals surface area contributed by atoms with Crippen molar-refractivity contribution in [1.29, 1.82) is 0 Å². The van der Waals surface area contributed by atoms with Crippen LogP contribution < -0.4 is 0 Å². The highest BCUT2D eigenvalue weighted by molar-refractivity contribution is 7.91. The third-order valence-corrected chi connectivity index (χ3v) is 5.71. The van der Waals surface area contributed by atoms with Gasteiger partial charge in [-0.2, -0.15) is 0 Å². The van der Waals surface area contributed by atoms with Crippen molar-refractivity contribution in [3.05, 3.63) is 96.1 Å². The topological polar surface area (TPSA) is 34.1 Å². The Morgan fingerprint density at radius 2 is 1.17 bits per heavy atom. The molecule has 0 fully saturated rings. The minimum atomic E-state index is -3.47. The first-order valence-electron chi connectivity index (χ1n) is 7.60. The van der Waals surface area contributed by atoms with Crippen LogP contribution in [0.25, 0.3) is 0 Å². The molecule has 0 amide bonds. The molecule has 0 saturated carbocycles. The van der Waals surface area contributed by atoms with Crippen molar-refractivity contribution in [3.8, 4) is 0 Å². The summed E-state index contributed by atoms with van der Waals surface area (Å²) in [6.07, 6.45) is 1.52. The van der Waals surface area contributed by atoms with Gasteiger partial charge >= 0.3 is 0 Å². The fourth-order valence-corrected chi connectivity index (χ4v) is 4.17. The number of hydrogen-bond donors (Lipinski definition) is 0. The van der Waals surface area contributed by atoms with Crippen LogP contribution in [0.1, 0.15) is 11.1 Å². The molecule has 0 heterocycles. The molecule has 23 heavy (non-hydrogen) atoms. The molecule has 2 nitrogen and oxygen atoms in total. The van der Waals surface area contributed by atoms with Crippen LogP contribution >= 0.6 is 0 Å². The van der Waals surface area contributed by atoms with Crippen molar-refractivity contribution in [2.75, 3.05) is 0 Å². The van der Waals surface area contributed by atoms with E-state index in [2.05, 4.69) is 12.1 Å². The van der Waals surface area contributed by atoms with E-state index in [-0.39, 0.29) is 0 Å². The molecule has 0 atom stereocenters. The molecule has 3 rings (SSSR count).